The minimum Gasteiger partial charge on any atom is -0.345 e. The lowest BCUT2D eigenvalue weighted by molar-refractivity contribution is 0.214. The van der Waals surface area contributed by atoms with Crippen LogP contribution >= 0.6 is 12.2 Å². The first-order valence-corrected chi connectivity index (χ1v) is 9.28. The average molecular weight is 371 g/mol. The molecule has 0 spiro atoms. The average Bonchev–Trinajstić information content (AvgIpc) is 2.72. The molecule has 0 saturated carbocycles. The van der Waals surface area contributed by atoms with E-state index in [-0.39, 0.29) is 0 Å². The van der Waals surface area contributed by atoms with Gasteiger partial charge in [-0.3, -0.25) is 5.43 Å². The molecule has 1 N–H and O–H groups in total. The Morgan fingerprint density at radius 3 is 2.31 bits per heavy atom. The van der Waals surface area contributed by atoms with E-state index in [0.29, 0.717) is 5.11 Å². The minimum absolute atomic E-state index is 0.651. The fourth-order valence-electron chi connectivity index (χ4n) is 2.51. The molecule has 7 heteroatoms. The normalized spacial score (nSPS) is 15.0. The number of piperazine rings is 1. The van der Waals surface area contributed by atoms with E-state index in [1.165, 1.54) is 0 Å². The molecule has 2 aromatic rings. The largest absolute Gasteiger partial charge is 0.345 e. The first kappa shape index (κ1) is 19.9. The van der Waals surface area contributed by atoms with Gasteiger partial charge in [0.25, 0.3) is 0 Å². The zero-order chi connectivity index (χ0) is 18.8. The van der Waals surface area contributed by atoms with Gasteiger partial charge in [-0.25, -0.2) is 0 Å². The highest BCUT2D eigenvalue weighted by atomic mass is 32.1. The standard InChI is InChI=1S/C17H20N6S.C2H6/c1-22-9-11-23(12-10-22)17(24)21-20-16(14-5-3-2-4-6-14)15-7-8-18-19-13-15;1-2/h2-8,13H,9-12H2,1H3,(H,21,24);1-2H3/b20-16-;. The van der Waals surface area contributed by atoms with Crippen molar-refractivity contribution in [1.29, 1.82) is 0 Å². The number of hydrogen-bond donors (Lipinski definition) is 1. The summed E-state index contributed by atoms with van der Waals surface area (Å²) in [6.07, 6.45) is 3.36. The van der Waals surface area contributed by atoms with E-state index < -0.39 is 0 Å². The van der Waals surface area contributed by atoms with Crippen LogP contribution in [0.1, 0.15) is 25.0 Å². The molecule has 3 rings (SSSR count). The third-order valence-corrected chi connectivity index (χ3v) is 4.31. The van der Waals surface area contributed by atoms with Gasteiger partial charge in [-0.05, 0) is 25.3 Å². The van der Waals surface area contributed by atoms with Crippen LogP contribution in [0.2, 0.25) is 0 Å². The summed E-state index contributed by atoms with van der Waals surface area (Å²) in [7, 11) is 2.12. The quantitative estimate of drug-likeness (QED) is 0.509. The van der Waals surface area contributed by atoms with Crippen molar-refractivity contribution in [2.45, 2.75) is 13.8 Å². The number of likely N-dealkylation sites (N-methyl/N-ethyl adjacent to an activating group) is 1. The van der Waals surface area contributed by atoms with Crippen LogP contribution in [0.25, 0.3) is 0 Å². The van der Waals surface area contributed by atoms with E-state index >= 15 is 0 Å². The zero-order valence-corrected chi connectivity index (χ0v) is 16.4. The Balaban J connectivity index is 0.00000117. The Labute approximate surface area is 160 Å². The second kappa shape index (κ2) is 10.6. The summed E-state index contributed by atoms with van der Waals surface area (Å²) in [5.74, 6) is 0. The number of benzene rings is 1. The Morgan fingerprint density at radius 2 is 1.69 bits per heavy atom. The maximum Gasteiger partial charge on any atom is 0.189 e. The minimum atomic E-state index is 0.651. The lowest BCUT2D eigenvalue weighted by Crippen LogP contribution is -2.49. The molecule has 1 saturated heterocycles. The number of nitrogens with zero attached hydrogens (tertiary/aromatic N) is 5. The molecule has 0 bridgehead atoms. The Kier molecular flexibility index (Phi) is 8.11. The van der Waals surface area contributed by atoms with E-state index in [4.69, 9.17) is 12.2 Å². The van der Waals surface area contributed by atoms with Crippen molar-refractivity contribution >= 4 is 23.0 Å². The third kappa shape index (κ3) is 5.57. The highest BCUT2D eigenvalue weighted by molar-refractivity contribution is 7.80. The van der Waals surface area contributed by atoms with Gasteiger partial charge < -0.3 is 9.80 Å². The lowest BCUT2D eigenvalue weighted by Gasteiger charge is -2.33. The summed E-state index contributed by atoms with van der Waals surface area (Å²) in [6.45, 7) is 7.83. The van der Waals surface area contributed by atoms with Gasteiger partial charge in [-0.2, -0.15) is 15.3 Å². The fourth-order valence-corrected chi connectivity index (χ4v) is 2.73. The molecular weight excluding hydrogens is 344 g/mol. The monoisotopic (exact) mass is 370 g/mol. The molecule has 6 nitrogen and oxygen atoms in total. The summed E-state index contributed by atoms with van der Waals surface area (Å²) >= 11 is 5.49. The Bertz CT molecular complexity index is 655. The summed E-state index contributed by atoms with van der Waals surface area (Å²) in [6, 6.07) is 11.9. The number of aromatic nitrogens is 2. The molecule has 0 unspecified atom stereocenters. The number of hydrazone groups is 1. The highest BCUT2D eigenvalue weighted by Gasteiger charge is 2.16. The Morgan fingerprint density at radius 1 is 1.00 bits per heavy atom. The van der Waals surface area contributed by atoms with Crippen LogP contribution < -0.4 is 5.43 Å². The summed E-state index contributed by atoms with van der Waals surface area (Å²) in [5, 5.41) is 13.0. The van der Waals surface area contributed by atoms with Crippen LogP contribution in [0.4, 0.5) is 0 Å². The van der Waals surface area contributed by atoms with Crippen molar-refractivity contribution in [2.24, 2.45) is 5.10 Å². The van der Waals surface area contributed by atoms with Gasteiger partial charge in [0.2, 0.25) is 0 Å². The highest BCUT2D eigenvalue weighted by Crippen LogP contribution is 2.09. The first-order chi connectivity index (χ1) is 12.7. The van der Waals surface area contributed by atoms with Gasteiger partial charge in [-0.15, -0.1) is 0 Å². The molecule has 1 fully saturated rings. The molecule has 0 aliphatic carbocycles. The zero-order valence-electron chi connectivity index (χ0n) is 15.6. The molecule has 138 valence electrons. The molecular formula is C19H26N6S. The molecule has 0 atom stereocenters. The molecule has 1 aromatic carbocycles. The summed E-state index contributed by atoms with van der Waals surface area (Å²) in [5.41, 5.74) is 5.73. The summed E-state index contributed by atoms with van der Waals surface area (Å²) in [4.78, 5) is 4.44. The maximum atomic E-state index is 5.49. The van der Waals surface area contributed by atoms with E-state index in [2.05, 4.69) is 37.6 Å². The number of nitrogens with one attached hydrogen (secondary N) is 1. The van der Waals surface area contributed by atoms with Crippen molar-refractivity contribution in [3.8, 4) is 0 Å². The topological polar surface area (TPSA) is 56.6 Å². The fraction of sp³-hybridized carbons (Fsp3) is 0.368. The van der Waals surface area contributed by atoms with Gasteiger partial charge >= 0.3 is 0 Å². The van der Waals surface area contributed by atoms with E-state index in [9.17, 15) is 0 Å². The van der Waals surface area contributed by atoms with Crippen molar-refractivity contribution in [3.05, 3.63) is 59.9 Å². The number of hydrogen-bond acceptors (Lipinski definition) is 5. The second-order valence-electron chi connectivity index (χ2n) is 5.66. The molecule has 26 heavy (non-hydrogen) atoms. The number of rotatable bonds is 3. The van der Waals surface area contributed by atoms with Gasteiger partial charge in [-0.1, -0.05) is 44.2 Å². The van der Waals surface area contributed by atoms with Gasteiger partial charge in [0.1, 0.15) is 0 Å². The van der Waals surface area contributed by atoms with Crippen LogP contribution in [-0.2, 0) is 0 Å². The van der Waals surface area contributed by atoms with Gasteiger partial charge in [0, 0.05) is 37.3 Å². The molecule has 2 heterocycles. The van der Waals surface area contributed by atoms with Crippen LogP contribution in [0, 0.1) is 0 Å². The van der Waals surface area contributed by atoms with Crippen LogP contribution in [0.5, 0.6) is 0 Å². The molecule has 0 amide bonds. The van der Waals surface area contributed by atoms with Crippen molar-refractivity contribution in [3.63, 3.8) is 0 Å². The van der Waals surface area contributed by atoms with E-state index in [0.717, 1.165) is 43.0 Å². The SMILES string of the molecule is CC.CN1CCN(C(=S)N/N=C(/c2ccccc2)c2ccnnc2)CC1. The Hall–Kier alpha value is -2.38. The van der Waals surface area contributed by atoms with Crippen molar-refractivity contribution in [1.82, 2.24) is 25.4 Å². The predicted molar refractivity (Wildman–Crippen MR) is 110 cm³/mol. The van der Waals surface area contributed by atoms with E-state index in [1.807, 2.05) is 50.2 Å². The lowest BCUT2D eigenvalue weighted by atomic mass is 10.1. The van der Waals surface area contributed by atoms with Crippen LogP contribution in [-0.4, -0.2) is 64.0 Å². The van der Waals surface area contributed by atoms with Crippen LogP contribution in [0.15, 0.2) is 53.9 Å². The van der Waals surface area contributed by atoms with Gasteiger partial charge in [0.05, 0.1) is 18.1 Å². The van der Waals surface area contributed by atoms with Crippen molar-refractivity contribution < 1.29 is 0 Å². The van der Waals surface area contributed by atoms with Gasteiger partial charge in [0.15, 0.2) is 5.11 Å². The third-order valence-electron chi connectivity index (χ3n) is 3.96. The van der Waals surface area contributed by atoms with E-state index in [1.54, 1.807) is 12.4 Å². The number of thiocarbonyl (C=S) groups is 1. The summed E-state index contributed by atoms with van der Waals surface area (Å²) < 4.78 is 0. The molecule has 1 aromatic heterocycles. The molecule has 1 aliphatic rings. The second-order valence-corrected chi connectivity index (χ2v) is 6.05. The smallest absolute Gasteiger partial charge is 0.189 e. The van der Waals surface area contributed by atoms with Crippen molar-refractivity contribution in [2.75, 3.05) is 33.2 Å². The van der Waals surface area contributed by atoms with Crippen LogP contribution in [0.3, 0.4) is 0 Å². The first-order valence-electron chi connectivity index (χ1n) is 8.87. The predicted octanol–water partition coefficient (Wildman–Crippen LogP) is 2.38. The molecule has 0 radical (unpaired) electrons. The maximum absolute atomic E-state index is 5.49. The molecule has 1 aliphatic heterocycles.